The highest BCUT2D eigenvalue weighted by Gasteiger charge is 2.12. The SMILES string of the molecule is C[C@@H](Cc1cccc(F)c1)NC(=O)NC[C@@H](O)c1ccsc1. The molecule has 3 N–H and O–H groups in total. The lowest BCUT2D eigenvalue weighted by Gasteiger charge is -2.16. The van der Waals surface area contributed by atoms with Crippen molar-refractivity contribution < 1.29 is 14.3 Å². The van der Waals surface area contributed by atoms with Crippen molar-refractivity contribution in [1.82, 2.24) is 10.6 Å². The van der Waals surface area contributed by atoms with Gasteiger partial charge in [-0.1, -0.05) is 12.1 Å². The molecule has 2 rings (SSSR count). The molecule has 0 bridgehead atoms. The summed E-state index contributed by atoms with van der Waals surface area (Å²) in [5, 5.41) is 19.0. The number of aliphatic hydroxyl groups is 1. The van der Waals surface area contributed by atoms with Gasteiger partial charge in [0.05, 0.1) is 6.10 Å². The maximum atomic E-state index is 13.1. The van der Waals surface area contributed by atoms with E-state index in [1.165, 1.54) is 23.5 Å². The summed E-state index contributed by atoms with van der Waals surface area (Å²) in [5.41, 5.74) is 1.62. The Kier molecular flexibility index (Phi) is 5.91. The van der Waals surface area contributed by atoms with Gasteiger partial charge in [0.1, 0.15) is 5.82 Å². The van der Waals surface area contributed by atoms with Gasteiger partial charge in [-0.2, -0.15) is 11.3 Å². The number of thiophene rings is 1. The van der Waals surface area contributed by atoms with E-state index in [-0.39, 0.29) is 24.4 Å². The summed E-state index contributed by atoms with van der Waals surface area (Å²) in [6.45, 7) is 2.00. The highest BCUT2D eigenvalue weighted by Crippen LogP contribution is 2.15. The van der Waals surface area contributed by atoms with Crippen molar-refractivity contribution in [2.75, 3.05) is 6.54 Å². The minimum Gasteiger partial charge on any atom is -0.387 e. The Morgan fingerprint density at radius 2 is 2.23 bits per heavy atom. The smallest absolute Gasteiger partial charge is 0.315 e. The molecule has 0 unspecified atom stereocenters. The highest BCUT2D eigenvalue weighted by molar-refractivity contribution is 7.07. The first kappa shape index (κ1) is 16.5. The number of halogens is 1. The maximum absolute atomic E-state index is 13.1. The number of hydrogen-bond donors (Lipinski definition) is 3. The Balaban J connectivity index is 1.74. The Morgan fingerprint density at radius 3 is 2.91 bits per heavy atom. The van der Waals surface area contributed by atoms with Crippen molar-refractivity contribution in [3.63, 3.8) is 0 Å². The average Bonchev–Trinajstić information content (AvgIpc) is 2.98. The van der Waals surface area contributed by atoms with Crippen molar-refractivity contribution >= 4 is 17.4 Å². The summed E-state index contributed by atoms with van der Waals surface area (Å²) in [6.07, 6.45) is -0.173. The van der Waals surface area contributed by atoms with E-state index >= 15 is 0 Å². The normalized spacial score (nSPS) is 13.4. The highest BCUT2D eigenvalue weighted by atomic mass is 32.1. The van der Waals surface area contributed by atoms with Crippen LogP contribution in [-0.4, -0.2) is 23.7 Å². The largest absolute Gasteiger partial charge is 0.387 e. The fourth-order valence-electron chi connectivity index (χ4n) is 2.12. The van der Waals surface area contributed by atoms with Crippen LogP contribution in [0.1, 0.15) is 24.2 Å². The molecule has 1 aromatic heterocycles. The number of carbonyl (C=O) groups is 1. The number of carbonyl (C=O) groups excluding carboxylic acids is 1. The molecule has 0 saturated carbocycles. The zero-order valence-corrected chi connectivity index (χ0v) is 13.1. The molecule has 0 fully saturated rings. The maximum Gasteiger partial charge on any atom is 0.315 e. The first-order chi connectivity index (χ1) is 10.5. The van der Waals surface area contributed by atoms with Crippen LogP contribution in [0.3, 0.4) is 0 Å². The third-order valence-corrected chi connectivity index (χ3v) is 3.89. The quantitative estimate of drug-likeness (QED) is 0.766. The van der Waals surface area contributed by atoms with E-state index in [1.807, 2.05) is 29.8 Å². The van der Waals surface area contributed by atoms with E-state index in [2.05, 4.69) is 10.6 Å². The van der Waals surface area contributed by atoms with Gasteiger partial charge >= 0.3 is 6.03 Å². The summed E-state index contributed by atoms with van der Waals surface area (Å²) in [6, 6.07) is 7.64. The zero-order chi connectivity index (χ0) is 15.9. The summed E-state index contributed by atoms with van der Waals surface area (Å²) in [7, 11) is 0. The summed E-state index contributed by atoms with van der Waals surface area (Å²) in [4.78, 5) is 11.8. The second-order valence-electron chi connectivity index (χ2n) is 5.16. The number of aliphatic hydroxyl groups excluding tert-OH is 1. The number of amides is 2. The molecule has 0 spiro atoms. The Hall–Kier alpha value is -1.92. The summed E-state index contributed by atoms with van der Waals surface area (Å²) < 4.78 is 13.1. The Bertz CT molecular complexity index is 604. The number of hydrogen-bond acceptors (Lipinski definition) is 3. The monoisotopic (exact) mass is 322 g/mol. The molecule has 1 heterocycles. The zero-order valence-electron chi connectivity index (χ0n) is 12.3. The molecule has 2 amide bonds. The predicted octanol–water partition coefficient (Wildman–Crippen LogP) is 2.85. The second-order valence-corrected chi connectivity index (χ2v) is 5.94. The van der Waals surface area contributed by atoms with Crippen molar-refractivity contribution in [1.29, 1.82) is 0 Å². The molecule has 0 radical (unpaired) electrons. The van der Waals surface area contributed by atoms with Crippen LogP contribution in [-0.2, 0) is 6.42 Å². The van der Waals surface area contributed by atoms with Crippen LogP contribution >= 0.6 is 11.3 Å². The predicted molar refractivity (Wildman–Crippen MR) is 85.4 cm³/mol. The van der Waals surface area contributed by atoms with Crippen LogP contribution in [0.25, 0.3) is 0 Å². The molecule has 0 saturated heterocycles. The Labute approximate surface area is 133 Å². The summed E-state index contributed by atoms with van der Waals surface area (Å²) in [5.74, 6) is -0.284. The first-order valence-corrected chi connectivity index (χ1v) is 7.98. The van der Waals surface area contributed by atoms with Crippen LogP contribution in [0.5, 0.6) is 0 Å². The first-order valence-electron chi connectivity index (χ1n) is 7.03. The topological polar surface area (TPSA) is 61.4 Å². The van der Waals surface area contributed by atoms with E-state index in [1.54, 1.807) is 6.07 Å². The second kappa shape index (κ2) is 7.91. The standard InChI is InChI=1S/C16H19FN2O2S/c1-11(7-12-3-2-4-14(17)8-12)19-16(21)18-9-15(20)13-5-6-22-10-13/h2-6,8,10-11,15,20H,7,9H2,1H3,(H2,18,19,21)/t11-,15+/m0/s1. The molecule has 0 aliphatic rings. The van der Waals surface area contributed by atoms with Crippen molar-refractivity contribution in [2.45, 2.75) is 25.5 Å². The third-order valence-electron chi connectivity index (χ3n) is 3.19. The molecule has 1 aromatic carbocycles. The van der Waals surface area contributed by atoms with Crippen LogP contribution in [0.2, 0.25) is 0 Å². The molecule has 0 aliphatic carbocycles. The van der Waals surface area contributed by atoms with Crippen LogP contribution < -0.4 is 10.6 Å². The van der Waals surface area contributed by atoms with Gasteiger partial charge in [0.25, 0.3) is 0 Å². The van der Waals surface area contributed by atoms with Gasteiger partial charge in [-0.25, -0.2) is 9.18 Å². The average molecular weight is 322 g/mol. The lowest BCUT2D eigenvalue weighted by Crippen LogP contribution is -2.43. The molecule has 118 valence electrons. The molecule has 22 heavy (non-hydrogen) atoms. The van der Waals surface area contributed by atoms with Crippen molar-refractivity contribution in [3.05, 3.63) is 58.0 Å². The fourth-order valence-corrected chi connectivity index (χ4v) is 2.82. The lowest BCUT2D eigenvalue weighted by molar-refractivity contribution is 0.173. The number of nitrogens with one attached hydrogen (secondary N) is 2. The van der Waals surface area contributed by atoms with E-state index in [0.717, 1.165) is 11.1 Å². The van der Waals surface area contributed by atoms with Gasteiger partial charge in [-0.3, -0.25) is 0 Å². The molecule has 0 aliphatic heterocycles. The van der Waals surface area contributed by atoms with Gasteiger partial charge < -0.3 is 15.7 Å². The van der Waals surface area contributed by atoms with E-state index in [9.17, 15) is 14.3 Å². The fraction of sp³-hybridized carbons (Fsp3) is 0.312. The van der Waals surface area contributed by atoms with E-state index < -0.39 is 6.10 Å². The lowest BCUT2D eigenvalue weighted by atomic mass is 10.1. The molecule has 6 heteroatoms. The van der Waals surface area contributed by atoms with Crippen molar-refractivity contribution in [2.24, 2.45) is 0 Å². The van der Waals surface area contributed by atoms with Gasteiger partial charge in [0, 0.05) is 12.6 Å². The van der Waals surface area contributed by atoms with Gasteiger partial charge in [-0.15, -0.1) is 0 Å². The minimum atomic E-state index is -0.712. The van der Waals surface area contributed by atoms with E-state index in [0.29, 0.717) is 6.42 Å². The van der Waals surface area contributed by atoms with Crippen LogP contribution in [0, 0.1) is 5.82 Å². The third kappa shape index (κ3) is 5.13. The molecule has 2 atom stereocenters. The van der Waals surface area contributed by atoms with Crippen LogP contribution in [0.15, 0.2) is 41.1 Å². The molecular formula is C16H19FN2O2S. The number of urea groups is 1. The van der Waals surface area contributed by atoms with Gasteiger partial charge in [0.15, 0.2) is 0 Å². The van der Waals surface area contributed by atoms with Gasteiger partial charge in [-0.05, 0) is 53.4 Å². The van der Waals surface area contributed by atoms with Crippen molar-refractivity contribution in [3.8, 4) is 0 Å². The van der Waals surface area contributed by atoms with Gasteiger partial charge in [0.2, 0.25) is 0 Å². The molecule has 4 nitrogen and oxygen atoms in total. The van der Waals surface area contributed by atoms with E-state index in [4.69, 9.17) is 0 Å². The summed E-state index contributed by atoms with van der Waals surface area (Å²) >= 11 is 1.50. The molecular weight excluding hydrogens is 303 g/mol. The van der Waals surface area contributed by atoms with Crippen LogP contribution in [0.4, 0.5) is 9.18 Å². The minimum absolute atomic E-state index is 0.139. The number of rotatable bonds is 6. The molecule has 2 aromatic rings. The number of benzene rings is 1. The Morgan fingerprint density at radius 1 is 1.41 bits per heavy atom.